The average Bonchev–Trinajstić information content (AvgIpc) is 2.46. The molecule has 0 radical (unpaired) electrons. The van der Waals surface area contributed by atoms with Crippen LogP contribution in [0.25, 0.3) is 10.9 Å². The summed E-state index contributed by atoms with van der Waals surface area (Å²) in [7, 11) is 0. The van der Waals surface area contributed by atoms with E-state index in [1.54, 1.807) is 12.3 Å². The minimum atomic E-state index is -0.206. The predicted molar refractivity (Wildman–Crippen MR) is 76.7 cm³/mol. The molecule has 3 nitrogen and oxygen atoms in total. The maximum absolute atomic E-state index is 12.1. The third kappa shape index (κ3) is 3.11. The summed E-state index contributed by atoms with van der Waals surface area (Å²) in [6.45, 7) is 2.04. The van der Waals surface area contributed by atoms with Crippen molar-refractivity contribution in [3.05, 3.63) is 42.1 Å². The Morgan fingerprint density at radius 1 is 1.47 bits per heavy atom. The summed E-state index contributed by atoms with van der Waals surface area (Å²) >= 11 is 0. The summed E-state index contributed by atoms with van der Waals surface area (Å²) in [6.07, 6.45) is 8.87. The summed E-state index contributed by atoms with van der Waals surface area (Å²) < 4.78 is 0. The Morgan fingerprint density at radius 3 is 3.05 bits per heavy atom. The Hall–Kier alpha value is -2.34. The highest BCUT2D eigenvalue weighted by atomic mass is 16.1. The van der Waals surface area contributed by atoms with Gasteiger partial charge in [0.15, 0.2) is 0 Å². The van der Waals surface area contributed by atoms with Gasteiger partial charge in [-0.05, 0) is 30.7 Å². The van der Waals surface area contributed by atoms with E-state index in [-0.39, 0.29) is 11.9 Å². The fraction of sp³-hybridized carbons (Fsp3) is 0.250. The second-order valence-electron chi connectivity index (χ2n) is 4.39. The largest absolute Gasteiger partial charge is 0.338 e. The minimum Gasteiger partial charge on any atom is -0.338 e. The van der Waals surface area contributed by atoms with E-state index >= 15 is 0 Å². The van der Waals surface area contributed by atoms with Crippen LogP contribution in [0.1, 0.15) is 30.1 Å². The normalized spacial score (nSPS) is 11.8. The number of benzene rings is 1. The Kier molecular flexibility index (Phi) is 4.15. The number of carbonyl (C=O) groups is 1. The van der Waals surface area contributed by atoms with Crippen molar-refractivity contribution < 1.29 is 4.79 Å². The molecule has 0 saturated carbocycles. The molecule has 0 aliphatic heterocycles. The molecular formula is C16H16N2O. The molecule has 0 aliphatic carbocycles. The molecule has 1 aromatic carbocycles. The maximum Gasteiger partial charge on any atom is 0.252 e. The lowest BCUT2D eigenvalue weighted by atomic mass is 10.1. The molecule has 0 fully saturated rings. The Labute approximate surface area is 113 Å². The molecule has 0 spiro atoms. The molecule has 1 N–H and O–H groups in total. The van der Waals surface area contributed by atoms with E-state index in [1.807, 2.05) is 31.2 Å². The molecule has 3 heteroatoms. The third-order valence-corrected chi connectivity index (χ3v) is 2.95. The fourth-order valence-electron chi connectivity index (χ4n) is 1.94. The first kappa shape index (κ1) is 13.1. The predicted octanol–water partition coefficient (Wildman–Crippen LogP) is 2.77. The molecule has 1 atom stereocenters. The second kappa shape index (κ2) is 6.01. The van der Waals surface area contributed by atoms with E-state index in [2.05, 4.69) is 16.2 Å². The number of terminal acetylenes is 1. The van der Waals surface area contributed by atoms with Crippen molar-refractivity contribution in [2.24, 2.45) is 0 Å². The zero-order valence-electron chi connectivity index (χ0n) is 10.9. The lowest BCUT2D eigenvalue weighted by Crippen LogP contribution is -2.33. The van der Waals surface area contributed by atoms with Gasteiger partial charge in [-0.1, -0.05) is 25.3 Å². The smallest absolute Gasteiger partial charge is 0.252 e. The fourth-order valence-corrected chi connectivity index (χ4v) is 1.94. The van der Waals surface area contributed by atoms with E-state index in [4.69, 9.17) is 6.42 Å². The molecule has 0 bridgehead atoms. The van der Waals surface area contributed by atoms with E-state index in [9.17, 15) is 4.79 Å². The van der Waals surface area contributed by atoms with E-state index in [1.165, 1.54) is 0 Å². The molecule has 0 aliphatic rings. The van der Waals surface area contributed by atoms with Gasteiger partial charge in [-0.2, -0.15) is 0 Å². The van der Waals surface area contributed by atoms with Gasteiger partial charge in [0.2, 0.25) is 0 Å². The van der Waals surface area contributed by atoms with Crippen LogP contribution in [-0.2, 0) is 0 Å². The van der Waals surface area contributed by atoms with Gasteiger partial charge in [0.1, 0.15) is 0 Å². The van der Waals surface area contributed by atoms with Gasteiger partial charge >= 0.3 is 0 Å². The van der Waals surface area contributed by atoms with Gasteiger partial charge in [-0.15, -0.1) is 6.42 Å². The van der Waals surface area contributed by atoms with Crippen LogP contribution in [0, 0.1) is 12.3 Å². The van der Waals surface area contributed by atoms with Crippen molar-refractivity contribution in [2.45, 2.75) is 25.8 Å². The summed E-state index contributed by atoms with van der Waals surface area (Å²) in [6, 6.07) is 9.02. The van der Waals surface area contributed by atoms with Gasteiger partial charge in [-0.3, -0.25) is 9.78 Å². The molecule has 1 heterocycles. The summed E-state index contributed by atoms with van der Waals surface area (Å²) in [5.41, 5.74) is 1.48. The number of nitrogens with zero attached hydrogens (tertiary/aromatic N) is 1. The van der Waals surface area contributed by atoms with Gasteiger partial charge in [0.05, 0.1) is 11.6 Å². The van der Waals surface area contributed by atoms with Crippen LogP contribution in [0.3, 0.4) is 0 Å². The van der Waals surface area contributed by atoms with Crippen molar-refractivity contribution in [2.75, 3.05) is 0 Å². The highest BCUT2D eigenvalue weighted by Gasteiger charge is 2.11. The zero-order valence-corrected chi connectivity index (χ0v) is 10.9. The molecule has 1 amide bonds. The first-order valence-corrected chi connectivity index (χ1v) is 6.36. The Morgan fingerprint density at radius 2 is 2.32 bits per heavy atom. The Balaban J connectivity index is 2.19. The number of rotatable bonds is 4. The monoisotopic (exact) mass is 252 g/mol. The molecule has 19 heavy (non-hydrogen) atoms. The van der Waals surface area contributed by atoms with Crippen LogP contribution in [0.2, 0.25) is 0 Å². The van der Waals surface area contributed by atoms with Crippen molar-refractivity contribution in [3.8, 4) is 12.3 Å². The van der Waals surface area contributed by atoms with Gasteiger partial charge < -0.3 is 5.32 Å². The first-order valence-electron chi connectivity index (χ1n) is 6.36. The number of nitrogens with one attached hydrogen (secondary N) is 1. The highest BCUT2D eigenvalue weighted by Crippen LogP contribution is 2.13. The van der Waals surface area contributed by atoms with E-state index in [0.717, 1.165) is 23.7 Å². The minimum absolute atomic E-state index is 0.137. The number of aromatic nitrogens is 1. The molecule has 1 unspecified atom stereocenters. The van der Waals surface area contributed by atoms with Crippen molar-refractivity contribution in [1.82, 2.24) is 10.3 Å². The van der Waals surface area contributed by atoms with Crippen LogP contribution in [-0.4, -0.2) is 16.9 Å². The summed E-state index contributed by atoms with van der Waals surface area (Å²) in [5.74, 6) is 2.46. The number of amides is 1. The Bertz CT molecular complexity index is 628. The first-order chi connectivity index (χ1) is 9.24. The molecule has 2 aromatic rings. The van der Waals surface area contributed by atoms with E-state index < -0.39 is 0 Å². The molecule has 1 aromatic heterocycles. The maximum atomic E-state index is 12.1. The van der Waals surface area contributed by atoms with Crippen molar-refractivity contribution in [1.29, 1.82) is 0 Å². The van der Waals surface area contributed by atoms with Gasteiger partial charge in [-0.25, -0.2) is 0 Å². The number of pyridine rings is 1. The van der Waals surface area contributed by atoms with Gasteiger partial charge in [0, 0.05) is 17.1 Å². The second-order valence-corrected chi connectivity index (χ2v) is 4.39. The SMILES string of the molecule is C#CC(CCC)NC(=O)c1ccc2ncccc2c1. The van der Waals surface area contributed by atoms with Gasteiger partial charge in [0.25, 0.3) is 5.91 Å². The van der Waals surface area contributed by atoms with Crippen LogP contribution < -0.4 is 5.32 Å². The van der Waals surface area contributed by atoms with Crippen molar-refractivity contribution >= 4 is 16.8 Å². The lowest BCUT2D eigenvalue weighted by molar-refractivity contribution is 0.0944. The lowest BCUT2D eigenvalue weighted by Gasteiger charge is -2.12. The standard InChI is InChI=1S/C16H16N2O/c1-3-6-14(4-2)18-16(19)13-8-9-15-12(11-13)7-5-10-17-15/h2,5,7-11,14H,3,6H2,1H3,(H,18,19). The van der Waals surface area contributed by atoms with Crippen LogP contribution in [0.5, 0.6) is 0 Å². The third-order valence-electron chi connectivity index (χ3n) is 2.95. The molecule has 0 saturated heterocycles. The summed E-state index contributed by atoms with van der Waals surface area (Å²) in [5, 5.41) is 3.80. The molecule has 96 valence electrons. The quantitative estimate of drug-likeness (QED) is 0.850. The number of fused-ring (bicyclic) bond motifs is 1. The average molecular weight is 252 g/mol. The molecular weight excluding hydrogens is 236 g/mol. The van der Waals surface area contributed by atoms with Crippen LogP contribution >= 0.6 is 0 Å². The zero-order chi connectivity index (χ0) is 13.7. The van der Waals surface area contributed by atoms with Crippen molar-refractivity contribution in [3.63, 3.8) is 0 Å². The number of carbonyl (C=O) groups excluding carboxylic acids is 1. The topological polar surface area (TPSA) is 42.0 Å². The van der Waals surface area contributed by atoms with Crippen LogP contribution in [0.4, 0.5) is 0 Å². The summed E-state index contributed by atoms with van der Waals surface area (Å²) in [4.78, 5) is 16.3. The van der Waals surface area contributed by atoms with Crippen LogP contribution in [0.15, 0.2) is 36.5 Å². The molecule has 2 rings (SSSR count). The number of hydrogen-bond donors (Lipinski definition) is 1. The number of hydrogen-bond acceptors (Lipinski definition) is 2. The van der Waals surface area contributed by atoms with E-state index in [0.29, 0.717) is 5.56 Å². The highest BCUT2D eigenvalue weighted by molar-refractivity contribution is 5.98.